The summed E-state index contributed by atoms with van der Waals surface area (Å²) >= 11 is 0. The van der Waals surface area contributed by atoms with Gasteiger partial charge in [-0.3, -0.25) is 0 Å². The Hall–Kier alpha value is -0.860. The van der Waals surface area contributed by atoms with Gasteiger partial charge in [-0.1, -0.05) is 43.7 Å². The molecule has 1 aromatic rings. The Morgan fingerprint density at radius 1 is 1.25 bits per heavy atom. The van der Waals surface area contributed by atoms with Crippen molar-refractivity contribution >= 4 is 0 Å². The van der Waals surface area contributed by atoms with Gasteiger partial charge < -0.3 is 10.4 Å². The molecule has 0 fully saturated rings. The molecule has 1 rings (SSSR count). The number of rotatable bonds is 7. The fourth-order valence-corrected chi connectivity index (χ4v) is 1.83. The van der Waals surface area contributed by atoms with Crippen molar-refractivity contribution in [3.05, 3.63) is 35.9 Å². The van der Waals surface area contributed by atoms with Crippen molar-refractivity contribution < 1.29 is 5.11 Å². The van der Waals surface area contributed by atoms with Gasteiger partial charge >= 0.3 is 0 Å². The molecule has 0 heterocycles. The topological polar surface area (TPSA) is 32.3 Å². The molecule has 2 N–H and O–H groups in total. The molecule has 2 heteroatoms. The highest BCUT2D eigenvalue weighted by molar-refractivity contribution is 5.15. The van der Waals surface area contributed by atoms with Crippen molar-refractivity contribution in [1.29, 1.82) is 0 Å². The lowest BCUT2D eigenvalue weighted by Crippen LogP contribution is -2.34. The van der Waals surface area contributed by atoms with E-state index >= 15 is 0 Å². The minimum atomic E-state index is -0.290. The molecule has 0 amide bonds. The van der Waals surface area contributed by atoms with E-state index in [1.54, 1.807) is 0 Å². The zero-order chi connectivity index (χ0) is 11.8. The molecule has 1 aromatic carbocycles. The van der Waals surface area contributed by atoms with Gasteiger partial charge in [0.1, 0.15) is 0 Å². The van der Waals surface area contributed by atoms with Crippen LogP contribution in [0.15, 0.2) is 30.3 Å². The van der Waals surface area contributed by atoms with Gasteiger partial charge in [0.2, 0.25) is 0 Å². The minimum Gasteiger partial charge on any atom is -0.391 e. The predicted molar refractivity (Wildman–Crippen MR) is 68.5 cm³/mol. The molecule has 0 aliphatic carbocycles. The van der Waals surface area contributed by atoms with Gasteiger partial charge in [-0.05, 0) is 25.3 Å². The normalized spacial score (nSPS) is 14.7. The van der Waals surface area contributed by atoms with Crippen LogP contribution in [0.2, 0.25) is 0 Å². The Bertz CT molecular complexity index is 273. The highest BCUT2D eigenvalue weighted by atomic mass is 16.3. The fourth-order valence-electron chi connectivity index (χ4n) is 1.83. The summed E-state index contributed by atoms with van der Waals surface area (Å²) in [6.45, 7) is 5.02. The maximum absolute atomic E-state index is 9.86. The van der Waals surface area contributed by atoms with Gasteiger partial charge in [-0.15, -0.1) is 0 Å². The first-order valence-corrected chi connectivity index (χ1v) is 6.17. The molecule has 16 heavy (non-hydrogen) atoms. The number of aliphatic hydroxyl groups excluding tert-OH is 1. The van der Waals surface area contributed by atoms with E-state index < -0.39 is 0 Å². The Labute approximate surface area is 98.7 Å². The molecule has 0 radical (unpaired) electrons. The van der Waals surface area contributed by atoms with Crippen LogP contribution < -0.4 is 5.32 Å². The van der Waals surface area contributed by atoms with E-state index in [2.05, 4.69) is 31.3 Å². The van der Waals surface area contributed by atoms with Crippen molar-refractivity contribution in [3.63, 3.8) is 0 Å². The van der Waals surface area contributed by atoms with E-state index in [0.717, 1.165) is 12.8 Å². The van der Waals surface area contributed by atoms with Crippen LogP contribution in [0.3, 0.4) is 0 Å². The molecular formula is C14H23NO. The SMILES string of the molecule is CCCC(C)NCC(O)Cc1ccccc1. The fraction of sp³-hybridized carbons (Fsp3) is 0.571. The first kappa shape index (κ1) is 13.2. The Morgan fingerprint density at radius 2 is 1.94 bits per heavy atom. The smallest absolute Gasteiger partial charge is 0.0704 e. The van der Waals surface area contributed by atoms with Crippen molar-refractivity contribution in [1.82, 2.24) is 5.32 Å². The van der Waals surface area contributed by atoms with Crippen molar-refractivity contribution in [2.24, 2.45) is 0 Å². The van der Waals surface area contributed by atoms with Crippen molar-refractivity contribution in [2.75, 3.05) is 6.54 Å². The summed E-state index contributed by atoms with van der Waals surface area (Å²) in [5.41, 5.74) is 1.19. The van der Waals surface area contributed by atoms with Gasteiger partial charge in [0.05, 0.1) is 6.10 Å². The monoisotopic (exact) mass is 221 g/mol. The first-order valence-electron chi connectivity index (χ1n) is 6.17. The quantitative estimate of drug-likeness (QED) is 0.741. The lowest BCUT2D eigenvalue weighted by Gasteiger charge is -2.16. The lowest BCUT2D eigenvalue weighted by atomic mass is 10.1. The molecule has 0 bridgehead atoms. The van der Waals surface area contributed by atoms with Gasteiger partial charge in [0.25, 0.3) is 0 Å². The van der Waals surface area contributed by atoms with Crippen LogP contribution in [0.5, 0.6) is 0 Å². The van der Waals surface area contributed by atoms with Crippen LogP contribution in [0.1, 0.15) is 32.3 Å². The second-order valence-corrected chi connectivity index (χ2v) is 4.44. The highest BCUT2D eigenvalue weighted by Gasteiger charge is 2.07. The summed E-state index contributed by atoms with van der Waals surface area (Å²) in [6.07, 6.45) is 2.79. The predicted octanol–water partition coefficient (Wildman–Crippen LogP) is 2.37. The van der Waals surface area contributed by atoms with Crippen LogP contribution in [0.25, 0.3) is 0 Å². The van der Waals surface area contributed by atoms with Crippen LogP contribution in [-0.2, 0) is 6.42 Å². The third-order valence-corrected chi connectivity index (χ3v) is 2.74. The Morgan fingerprint density at radius 3 is 2.56 bits per heavy atom. The molecule has 0 aromatic heterocycles. The minimum absolute atomic E-state index is 0.290. The van der Waals surface area contributed by atoms with E-state index in [-0.39, 0.29) is 6.10 Å². The summed E-state index contributed by atoms with van der Waals surface area (Å²) in [7, 11) is 0. The third kappa shape index (κ3) is 5.29. The summed E-state index contributed by atoms with van der Waals surface area (Å²) in [4.78, 5) is 0. The summed E-state index contributed by atoms with van der Waals surface area (Å²) in [5, 5.41) is 13.2. The first-order chi connectivity index (χ1) is 7.72. The lowest BCUT2D eigenvalue weighted by molar-refractivity contribution is 0.167. The molecule has 2 atom stereocenters. The summed E-state index contributed by atoms with van der Waals surface area (Å²) < 4.78 is 0. The second-order valence-electron chi connectivity index (χ2n) is 4.44. The van der Waals surface area contributed by atoms with Crippen molar-refractivity contribution in [2.45, 2.75) is 45.3 Å². The molecule has 0 saturated heterocycles. The molecule has 2 nitrogen and oxygen atoms in total. The van der Waals surface area contributed by atoms with Crippen LogP contribution in [-0.4, -0.2) is 23.8 Å². The van der Waals surface area contributed by atoms with Crippen LogP contribution >= 0.6 is 0 Å². The highest BCUT2D eigenvalue weighted by Crippen LogP contribution is 2.03. The maximum atomic E-state index is 9.86. The van der Waals surface area contributed by atoms with E-state index in [9.17, 15) is 5.11 Å². The third-order valence-electron chi connectivity index (χ3n) is 2.74. The van der Waals surface area contributed by atoms with E-state index in [1.807, 2.05) is 18.2 Å². The zero-order valence-electron chi connectivity index (χ0n) is 10.3. The number of hydrogen-bond donors (Lipinski definition) is 2. The van der Waals surface area contributed by atoms with Gasteiger partial charge in [-0.2, -0.15) is 0 Å². The Balaban J connectivity index is 2.23. The number of benzene rings is 1. The number of hydrogen-bond acceptors (Lipinski definition) is 2. The maximum Gasteiger partial charge on any atom is 0.0704 e. The molecule has 2 unspecified atom stereocenters. The van der Waals surface area contributed by atoms with Gasteiger partial charge in [-0.25, -0.2) is 0 Å². The molecule has 0 aliphatic rings. The van der Waals surface area contributed by atoms with E-state index in [4.69, 9.17) is 0 Å². The molecule has 0 aliphatic heterocycles. The zero-order valence-corrected chi connectivity index (χ0v) is 10.3. The standard InChI is InChI=1S/C14H23NO/c1-3-7-12(2)15-11-14(16)10-13-8-5-4-6-9-13/h4-6,8-9,12,14-16H,3,7,10-11H2,1-2H3. The average Bonchev–Trinajstić information content (AvgIpc) is 2.28. The van der Waals surface area contributed by atoms with Gasteiger partial charge in [0.15, 0.2) is 0 Å². The van der Waals surface area contributed by atoms with Gasteiger partial charge in [0, 0.05) is 12.6 Å². The largest absolute Gasteiger partial charge is 0.391 e. The Kier molecular flexibility index (Phi) is 6.12. The second kappa shape index (κ2) is 7.42. The number of nitrogens with one attached hydrogen (secondary N) is 1. The molecule has 90 valence electrons. The summed E-state index contributed by atoms with van der Waals surface area (Å²) in [5.74, 6) is 0. The van der Waals surface area contributed by atoms with E-state index in [1.165, 1.54) is 12.0 Å². The van der Waals surface area contributed by atoms with Crippen LogP contribution in [0, 0.1) is 0 Å². The number of aliphatic hydroxyl groups is 1. The average molecular weight is 221 g/mol. The molecule has 0 saturated carbocycles. The molecular weight excluding hydrogens is 198 g/mol. The summed E-state index contributed by atoms with van der Waals surface area (Å²) in [6, 6.07) is 10.6. The van der Waals surface area contributed by atoms with Crippen molar-refractivity contribution in [3.8, 4) is 0 Å². The molecule has 0 spiro atoms. The van der Waals surface area contributed by atoms with E-state index in [0.29, 0.717) is 12.6 Å². The van der Waals surface area contributed by atoms with Crippen LogP contribution in [0.4, 0.5) is 0 Å².